The van der Waals surface area contributed by atoms with Gasteiger partial charge in [0.15, 0.2) is 11.5 Å². The predicted molar refractivity (Wildman–Crippen MR) is 106 cm³/mol. The van der Waals surface area contributed by atoms with Gasteiger partial charge in [-0.3, -0.25) is 4.79 Å². The fourth-order valence-electron chi connectivity index (χ4n) is 2.27. The van der Waals surface area contributed by atoms with E-state index in [2.05, 4.69) is 17.1 Å². The third-order valence-corrected chi connectivity index (χ3v) is 3.41. The first-order valence-corrected chi connectivity index (χ1v) is 8.74. The number of nitrogens with zero attached hydrogens (tertiary/aromatic N) is 1. The lowest BCUT2D eigenvalue weighted by atomic mass is 10.2. The summed E-state index contributed by atoms with van der Waals surface area (Å²) in [5.41, 5.74) is 3.75. The zero-order valence-electron chi connectivity index (χ0n) is 15.6. The van der Waals surface area contributed by atoms with Crippen LogP contribution in [0.4, 0.5) is 0 Å². The number of carbonyl (C=O) groups is 1. The molecule has 0 saturated heterocycles. The largest absolute Gasteiger partial charge is 0.494 e. The smallest absolute Gasteiger partial charge is 0.271 e. The Kier molecular flexibility index (Phi) is 7.91. The van der Waals surface area contributed by atoms with Crippen molar-refractivity contribution >= 4 is 12.1 Å². The Hall–Kier alpha value is -3.28. The van der Waals surface area contributed by atoms with Crippen molar-refractivity contribution in [2.45, 2.75) is 13.8 Å². The highest BCUT2D eigenvalue weighted by molar-refractivity contribution is 5.95. The molecule has 142 valence electrons. The number of rotatable bonds is 10. The van der Waals surface area contributed by atoms with Crippen molar-refractivity contribution in [1.29, 1.82) is 0 Å². The maximum absolute atomic E-state index is 12.3. The highest BCUT2D eigenvalue weighted by Crippen LogP contribution is 2.28. The molecule has 0 aromatic heterocycles. The number of benzene rings is 2. The summed E-state index contributed by atoms with van der Waals surface area (Å²) in [6, 6.07) is 12.4. The summed E-state index contributed by atoms with van der Waals surface area (Å²) in [6.45, 7) is 8.81. The molecule has 0 atom stereocenters. The lowest BCUT2D eigenvalue weighted by Crippen LogP contribution is -2.17. The Morgan fingerprint density at radius 3 is 2.63 bits per heavy atom. The van der Waals surface area contributed by atoms with Crippen LogP contribution in [0.2, 0.25) is 0 Å². The van der Waals surface area contributed by atoms with Gasteiger partial charge in [0.25, 0.3) is 5.91 Å². The van der Waals surface area contributed by atoms with Crippen LogP contribution in [0.3, 0.4) is 0 Å². The lowest BCUT2D eigenvalue weighted by molar-refractivity contribution is 0.0954. The molecule has 2 aromatic rings. The molecule has 2 rings (SSSR count). The van der Waals surface area contributed by atoms with E-state index in [1.807, 2.05) is 38.1 Å². The van der Waals surface area contributed by atoms with E-state index >= 15 is 0 Å². The first kappa shape index (κ1) is 20.0. The van der Waals surface area contributed by atoms with Crippen LogP contribution in [-0.2, 0) is 0 Å². The molecule has 0 aliphatic carbocycles. The Morgan fingerprint density at radius 1 is 1.07 bits per heavy atom. The van der Waals surface area contributed by atoms with Crippen LogP contribution >= 0.6 is 0 Å². The summed E-state index contributed by atoms with van der Waals surface area (Å²) in [4.78, 5) is 12.3. The normalized spacial score (nSPS) is 10.4. The van der Waals surface area contributed by atoms with Crippen molar-refractivity contribution in [2.75, 3.05) is 19.8 Å². The molecule has 0 aliphatic rings. The standard InChI is InChI=1S/C21H24N2O4/c1-4-12-27-19-11-10-17(14-20(19)26-6-3)21(24)23-22-15-16-8-7-9-18(13-16)25-5-2/h4,7-11,13-15H,1,5-6,12H2,2-3H3,(H,23,24)/b22-15+. The van der Waals surface area contributed by atoms with Crippen LogP contribution in [-0.4, -0.2) is 31.9 Å². The van der Waals surface area contributed by atoms with Gasteiger partial charge in [-0.15, -0.1) is 0 Å². The molecule has 0 spiro atoms. The highest BCUT2D eigenvalue weighted by atomic mass is 16.5. The molecule has 0 radical (unpaired) electrons. The van der Waals surface area contributed by atoms with Crippen LogP contribution in [0, 0.1) is 0 Å². The van der Waals surface area contributed by atoms with Gasteiger partial charge in [0.05, 0.1) is 19.4 Å². The van der Waals surface area contributed by atoms with E-state index in [0.29, 0.717) is 36.9 Å². The first-order valence-electron chi connectivity index (χ1n) is 8.74. The average Bonchev–Trinajstić information content (AvgIpc) is 2.67. The molecule has 0 heterocycles. The topological polar surface area (TPSA) is 69.2 Å². The molecule has 6 nitrogen and oxygen atoms in total. The van der Waals surface area contributed by atoms with E-state index in [1.165, 1.54) is 0 Å². The number of hydrogen-bond donors (Lipinski definition) is 1. The van der Waals surface area contributed by atoms with Gasteiger partial charge >= 0.3 is 0 Å². The molecular weight excluding hydrogens is 344 g/mol. The Bertz CT molecular complexity index is 803. The van der Waals surface area contributed by atoms with Gasteiger partial charge in [-0.05, 0) is 49.7 Å². The summed E-state index contributed by atoms with van der Waals surface area (Å²) in [7, 11) is 0. The maximum Gasteiger partial charge on any atom is 0.271 e. The molecule has 0 unspecified atom stereocenters. The van der Waals surface area contributed by atoms with Crippen molar-refractivity contribution in [3.63, 3.8) is 0 Å². The minimum absolute atomic E-state index is 0.344. The van der Waals surface area contributed by atoms with E-state index in [4.69, 9.17) is 14.2 Å². The van der Waals surface area contributed by atoms with Gasteiger partial charge < -0.3 is 14.2 Å². The van der Waals surface area contributed by atoms with E-state index in [9.17, 15) is 4.79 Å². The van der Waals surface area contributed by atoms with Crippen LogP contribution in [0.1, 0.15) is 29.8 Å². The minimum Gasteiger partial charge on any atom is -0.494 e. The lowest BCUT2D eigenvalue weighted by Gasteiger charge is -2.12. The van der Waals surface area contributed by atoms with Gasteiger partial charge in [0.2, 0.25) is 0 Å². The van der Waals surface area contributed by atoms with Crippen molar-refractivity contribution in [3.05, 3.63) is 66.2 Å². The van der Waals surface area contributed by atoms with Gasteiger partial charge in [0.1, 0.15) is 12.4 Å². The minimum atomic E-state index is -0.344. The maximum atomic E-state index is 12.3. The molecule has 1 N–H and O–H groups in total. The van der Waals surface area contributed by atoms with Gasteiger partial charge in [-0.2, -0.15) is 5.10 Å². The summed E-state index contributed by atoms with van der Waals surface area (Å²) >= 11 is 0. The van der Waals surface area contributed by atoms with E-state index in [-0.39, 0.29) is 5.91 Å². The Balaban J connectivity index is 2.05. The zero-order valence-corrected chi connectivity index (χ0v) is 15.6. The Morgan fingerprint density at radius 2 is 1.89 bits per heavy atom. The van der Waals surface area contributed by atoms with Gasteiger partial charge in [-0.1, -0.05) is 24.8 Å². The van der Waals surface area contributed by atoms with Crippen molar-refractivity contribution in [1.82, 2.24) is 5.43 Å². The van der Waals surface area contributed by atoms with Crippen molar-refractivity contribution in [2.24, 2.45) is 5.10 Å². The van der Waals surface area contributed by atoms with Gasteiger partial charge in [-0.25, -0.2) is 5.43 Å². The molecule has 6 heteroatoms. The van der Waals surface area contributed by atoms with Crippen LogP contribution in [0.5, 0.6) is 17.2 Å². The number of hydrazone groups is 1. The van der Waals surface area contributed by atoms with Crippen LogP contribution in [0.25, 0.3) is 0 Å². The molecule has 2 aromatic carbocycles. The molecule has 1 amide bonds. The summed E-state index contributed by atoms with van der Waals surface area (Å²) < 4.78 is 16.5. The Labute approximate surface area is 159 Å². The first-order chi connectivity index (χ1) is 13.2. The number of hydrogen-bond acceptors (Lipinski definition) is 5. The van der Waals surface area contributed by atoms with Crippen molar-refractivity contribution < 1.29 is 19.0 Å². The number of amides is 1. The SMILES string of the molecule is C=CCOc1ccc(C(=O)N/N=C/c2cccc(OCC)c2)cc1OCC. The fourth-order valence-corrected chi connectivity index (χ4v) is 2.27. The van der Waals surface area contributed by atoms with Crippen molar-refractivity contribution in [3.8, 4) is 17.2 Å². The second kappa shape index (κ2) is 10.7. The zero-order chi connectivity index (χ0) is 19.5. The second-order valence-electron chi connectivity index (χ2n) is 5.40. The summed E-state index contributed by atoms with van der Waals surface area (Å²) in [6.07, 6.45) is 3.21. The summed E-state index contributed by atoms with van der Waals surface area (Å²) in [5.74, 6) is 1.47. The van der Waals surface area contributed by atoms with E-state index in [0.717, 1.165) is 11.3 Å². The number of ether oxygens (including phenoxy) is 3. The molecule has 0 bridgehead atoms. The fraction of sp³-hybridized carbons (Fsp3) is 0.238. The quantitative estimate of drug-likeness (QED) is 0.393. The highest BCUT2D eigenvalue weighted by Gasteiger charge is 2.11. The van der Waals surface area contributed by atoms with Crippen LogP contribution in [0.15, 0.2) is 60.2 Å². The monoisotopic (exact) mass is 368 g/mol. The third-order valence-electron chi connectivity index (χ3n) is 3.41. The molecule has 27 heavy (non-hydrogen) atoms. The van der Waals surface area contributed by atoms with Gasteiger partial charge in [0, 0.05) is 5.56 Å². The molecule has 0 saturated carbocycles. The molecular formula is C21H24N2O4. The predicted octanol–water partition coefficient (Wildman–Crippen LogP) is 3.81. The van der Waals surface area contributed by atoms with E-state index < -0.39 is 0 Å². The van der Waals surface area contributed by atoms with Crippen LogP contribution < -0.4 is 19.6 Å². The third kappa shape index (κ3) is 6.18. The number of carbonyl (C=O) groups excluding carboxylic acids is 1. The summed E-state index contributed by atoms with van der Waals surface area (Å²) in [5, 5.41) is 4.00. The molecule has 0 fully saturated rings. The molecule has 0 aliphatic heterocycles. The second-order valence-corrected chi connectivity index (χ2v) is 5.40. The van der Waals surface area contributed by atoms with E-state index in [1.54, 1.807) is 30.5 Å². The average molecular weight is 368 g/mol. The number of nitrogens with one attached hydrogen (secondary N) is 1.